The number of aromatic nitrogens is 1. The number of hydrogen-bond donors (Lipinski definition) is 2. The third-order valence-electron chi connectivity index (χ3n) is 2.30. The lowest BCUT2D eigenvalue weighted by Gasteiger charge is -2.04. The van der Waals surface area contributed by atoms with Crippen LogP contribution in [0.3, 0.4) is 0 Å². The fraction of sp³-hybridized carbons (Fsp3) is 0.0833. The molecule has 2 rings (SSSR count). The minimum Gasteiger partial charge on any atom is -0.481 e. The molecular formula is C12H8BrFN2O3S. The number of benzene rings is 1. The molecule has 0 atom stereocenters. The zero-order valence-corrected chi connectivity index (χ0v) is 12.3. The van der Waals surface area contributed by atoms with Crippen molar-refractivity contribution in [1.29, 1.82) is 0 Å². The van der Waals surface area contributed by atoms with Crippen LogP contribution in [0.5, 0.6) is 0 Å². The number of carboxylic acids is 1. The first-order valence-electron chi connectivity index (χ1n) is 5.39. The average molecular weight is 359 g/mol. The molecule has 1 heterocycles. The van der Waals surface area contributed by atoms with Crippen LogP contribution in [0.15, 0.2) is 28.1 Å². The van der Waals surface area contributed by atoms with Crippen LogP contribution in [0.2, 0.25) is 0 Å². The van der Waals surface area contributed by atoms with E-state index in [2.05, 4.69) is 26.2 Å². The largest absolute Gasteiger partial charge is 0.481 e. The van der Waals surface area contributed by atoms with Crippen molar-refractivity contribution in [3.8, 4) is 0 Å². The number of aliphatic carboxylic acids is 1. The number of thiazole rings is 1. The van der Waals surface area contributed by atoms with Crippen LogP contribution in [-0.2, 0) is 11.2 Å². The second-order valence-electron chi connectivity index (χ2n) is 3.77. The highest BCUT2D eigenvalue weighted by atomic mass is 79.9. The molecule has 20 heavy (non-hydrogen) atoms. The molecule has 1 aromatic carbocycles. The van der Waals surface area contributed by atoms with Crippen LogP contribution in [-0.4, -0.2) is 22.0 Å². The molecule has 0 unspecified atom stereocenters. The van der Waals surface area contributed by atoms with Gasteiger partial charge in [-0.15, -0.1) is 11.3 Å². The van der Waals surface area contributed by atoms with Gasteiger partial charge >= 0.3 is 5.97 Å². The Morgan fingerprint density at radius 1 is 1.45 bits per heavy atom. The summed E-state index contributed by atoms with van der Waals surface area (Å²) in [5.41, 5.74) is 0.224. The molecule has 2 aromatic rings. The number of nitrogens with one attached hydrogen (secondary N) is 1. The zero-order chi connectivity index (χ0) is 14.7. The number of nitrogens with zero attached hydrogens (tertiary/aromatic N) is 1. The third kappa shape index (κ3) is 3.40. The summed E-state index contributed by atoms with van der Waals surface area (Å²) in [6.07, 6.45) is -0.225. The van der Waals surface area contributed by atoms with Crippen LogP contribution in [0.1, 0.15) is 16.1 Å². The van der Waals surface area contributed by atoms with Crippen LogP contribution in [0.25, 0.3) is 0 Å². The molecule has 0 aliphatic carbocycles. The van der Waals surface area contributed by atoms with E-state index in [9.17, 15) is 14.0 Å². The quantitative estimate of drug-likeness (QED) is 0.880. The molecule has 104 valence electrons. The highest BCUT2D eigenvalue weighted by Crippen LogP contribution is 2.21. The lowest BCUT2D eigenvalue weighted by Crippen LogP contribution is -2.14. The van der Waals surface area contributed by atoms with E-state index in [0.717, 1.165) is 11.3 Å². The molecule has 0 fully saturated rings. The number of carbonyl (C=O) groups excluding carboxylic acids is 1. The molecule has 1 aromatic heterocycles. The Balaban J connectivity index is 2.13. The molecule has 0 radical (unpaired) electrons. The number of hydrogen-bond acceptors (Lipinski definition) is 4. The van der Waals surface area contributed by atoms with Crippen molar-refractivity contribution in [3.05, 3.63) is 45.1 Å². The van der Waals surface area contributed by atoms with Crippen molar-refractivity contribution in [1.82, 2.24) is 4.98 Å². The van der Waals surface area contributed by atoms with Gasteiger partial charge in [0, 0.05) is 5.38 Å². The molecule has 5 nitrogen and oxygen atoms in total. The maximum absolute atomic E-state index is 13.7. The van der Waals surface area contributed by atoms with Gasteiger partial charge in [-0.2, -0.15) is 0 Å². The van der Waals surface area contributed by atoms with Gasteiger partial charge in [0.15, 0.2) is 5.13 Å². The molecular weight excluding hydrogens is 351 g/mol. The summed E-state index contributed by atoms with van der Waals surface area (Å²) in [5, 5.41) is 12.8. The van der Waals surface area contributed by atoms with E-state index in [1.165, 1.54) is 17.5 Å². The van der Waals surface area contributed by atoms with Crippen LogP contribution in [0, 0.1) is 5.82 Å². The lowest BCUT2D eigenvalue weighted by atomic mass is 10.2. The normalized spacial score (nSPS) is 10.3. The van der Waals surface area contributed by atoms with E-state index in [1.807, 2.05) is 0 Å². The van der Waals surface area contributed by atoms with Crippen molar-refractivity contribution in [3.63, 3.8) is 0 Å². The van der Waals surface area contributed by atoms with Crippen molar-refractivity contribution in [2.45, 2.75) is 6.42 Å². The summed E-state index contributed by atoms with van der Waals surface area (Å²) >= 11 is 4.08. The Hall–Kier alpha value is -1.80. The van der Waals surface area contributed by atoms with Crippen LogP contribution in [0.4, 0.5) is 9.52 Å². The number of rotatable bonds is 4. The predicted octanol–water partition coefficient (Wildman–Crippen LogP) is 2.92. The molecule has 1 amide bonds. The minimum absolute atomic E-state index is 0.116. The summed E-state index contributed by atoms with van der Waals surface area (Å²) < 4.78 is 13.9. The summed E-state index contributed by atoms with van der Waals surface area (Å²) in [5.74, 6) is -2.31. The van der Waals surface area contributed by atoms with Gasteiger partial charge in [0.25, 0.3) is 5.91 Å². The number of anilines is 1. The molecule has 0 saturated heterocycles. The van der Waals surface area contributed by atoms with E-state index in [1.54, 1.807) is 6.07 Å². The van der Waals surface area contributed by atoms with Crippen LogP contribution >= 0.6 is 27.3 Å². The first kappa shape index (κ1) is 14.6. The number of carbonyl (C=O) groups is 2. The SMILES string of the molecule is O=C(O)Cc1csc(NC(=O)c2cccc(Br)c2F)n1. The second-order valence-corrected chi connectivity index (χ2v) is 5.48. The van der Waals surface area contributed by atoms with E-state index in [0.29, 0.717) is 5.69 Å². The predicted molar refractivity (Wildman–Crippen MR) is 75.5 cm³/mol. The highest BCUT2D eigenvalue weighted by Gasteiger charge is 2.15. The number of halogens is 2. The fourth-order valence-electron chi connectivity index (χ4n) is 1.44. The van der Waals surface area contributed by atoms with Gasteiger partial charge in [-0.1, -0.05) is 6.07 Å². The van der Waals surface area contributed by atoms with E-state index in [-0.39, 0.29) is 21.6 Å². The topological polar surface area (TPSA) is 79.3 Å². The van der Waals surface area contributed by atoms with Crippen molar-refractivity contribution in [2.24, 2.45) is 0 Å². The van der Waals surface area contributed by atoms with E-state index < -0.39 is 17.7 Å². The first-order valence-corrected chi connectivity index (χ1v) is 7.06. The van der Waals surface area contributed by atoms with Gasteiger partial charge < -0.3 is 5.11 Å². The average Bonchev–Trinajstić information content (AvgIpc) is 2.79. The Labute approximate surface area is 125 Å². The molecule has 2 N–H and O–H groups in total. The van der Waals surface area contributed by atoms with Gasteiger partial charge in [-0.05, 0) is 28.1 Å². The summed E-state index contributed by atoms with van der Waals surface area (Å²) in [6, 6.07) is 4.38. The van der Waals surface area contributed by atoms with Gasteiger partial charge in [0.2, 0.25) is 0 Å². The van der Waals surface area contributed by atoms with Crippen molar-refractivity contribution >= 4 is 44.3 Å². The third-order valence-corrected chi connectivity index (χ3v) is 3.72. The molecule has 0 aliphatic rings. The number of carboxylic acid groups (broad SMARTS) is 1. The van der Waals surface area contributed by atoms with Crippen LogP contribution < -0.4 is 5.32 Å². The van der Waals surface area contributed by atoms with Gasteiger partial charge in [-0.3, -0.25) is 14.9 Å². The molecule has 8 heteroatoms. The van der Waals surface area contributed by atoms with E-state index >= 15 is 0 Å². The summed E-state index contributed by atoms with van der Waals surface area (Å²) in [4.78, 5) is 26.4. The van der Waals surface area contributed by atoms with Gasteiger partial charge in [-0.25, -0.2) is 9.37 Å². The molecule has 0 bridgehead atoms. The molecule has 0 aliphatic heterocycles. The molecule has 0 saturated carbocycles. The summed E-state index contributed by atoms with van der Waals surface area (Å²) in [6.45, 7) is 0. The fourth-order valence-corrected chi connectivity index (χ4v) is 2.52. The maximum Gasteiger partial charge on any atom is 0.309 e. The Morgan fingerprint density at radius 3 is 2.90 bits per heavy atom. The van der Waals surface area contributed by atoms with Crippen molar-refractivity contribution in [2.75, 3.05) is 5.32 Å². The Morgan fingerprint density at radius 2 is 2.20 bits per heavy atom. The Bertz CT molecular complexity index is 674. The lowest BCUT2D eigenvalue weighted by molar-refractivity contribution is -0.136. The maximum atomic E-state index is 13.7. The second kappa shape index (κ2) is 6.10. The van der Waals surface area contributed by atoms with E-state index in [4.69, 9.17) is 5.11 Å². The monoisotopic (exact) mass is 358 g/mol. The smallest absolute Gasteiger partial charge is 0.309 e. The Kier molecular flexibility index (Phi) is 4.46. The highest BCUT2D eigenvalue weighted by molar-refractivity contribution is 9.10. The van der Waals surface area contributed by atoms with Crippen molar-refractivity contribution < 1.29 is 19.1 Å². The standard InChI is InChI=1S/C12H8BrFN2O3S/c13-8-3-1-2-7(10(8)14)11(19)16-12-15-6(5-20-12)4-9(17)18/h1-3,5H,4H2,(H,17,18)(H,15,16,19). The molecule has 0 spiro atoms. The van der Waals surface area contributed by atoms with Gasteiger partial charge in [0.05, 0.1) is 22.2 Å². The summed E-state index contributed by atoms with van der Waals surface area (Å²) in [7, 11) is 0. The zero-order valence-electron chi connectivity index (χ0n) is 9.89. The minimum atomic E-state index is -1.01. The van der Waals surface area contributed by atoms with Gasteiger partial charge in [0.1, 0.15) is 5.82 Å². The number of amides is 1. The first-order chi connectivity index (χ1) is 9.47.